The van der Waals surface area contributed by atoms with E-state index in [1.54, 1.807) is 6.92 Å². The van der Waals surface area contributed by atoms with Crippen molar-refractivity contribution < 1.29 is 26.7 Å². The minimum Gasteiger partial charge on any atom is -0.463 e. The minimum atomic E-state index is -2.58. The number of rotatable bonds is 5. The smallest absolute Gasteiger partial charge is 0.319 e. The fraction of sp³-hybridized carbons (Fsp3) is 0.410. The summed E-state index contributed by atoms with van der Waals surface area (Å²) in [6.45, 7) is 7.26. The molecule has 0 radical (unpaired) electrons. The molecule has 3 aromatic carbocycles. The van der Waals surface area contributed by atoms with Crippen LogP contribution < -0.4 is 20.7 Å². The molecule has 1 aromatic heterocycles. The number of terminal acetylenes is 1. The zero-order chi connectivity index (χ0) is 36.8. The van der Waals surface area contributed by atoms with E-state index in [9.17, 15) is 14.0 Å². The van der Waals surface area contributed by atoms with Crippen LogP contribution in [0, 0.1) is 52.5 Å². The zero-order valence-corrected chi connectivity index (χ0v) is 28.7. The summed E-state index contributed by atoms with van der Waals surface area (Å²) in [6.07, 6.45) is 5.56. The van der Waals surface area contributed by atoms with E-state index in [2.05, 4.69) is 33.8 Å². The molecular formula is C39H36F5N7O. The first kappa shape index (κ1) is 34.1. The number of nitrogens with two attached hydrogens (primary N) is 1. The number of ether oxygens (including phenoxy) is 1. The van der Waals surface area contributed by atoms with E-state index in [1.165, 1.54) is 12.1 Å². The van der Waals surface area contributed by atoms with Crippen LogP contribution in [0.5, 0.6) is 6.01 Å². The van der Waals surface area contributed by atoms with Gasteiger partial charge < -0.3 is 25.6 Å². The Kier molecular flexibility index (Phi) is 8.08. The Balaban J connectivity index is 1.42. The van der Waals surface area contributed by atoms with Crippen LogP contribution in [0.4, 0.5) is 33.5 Å². The molecule has 4 aromatic rings. The number of aromatic nitrogens is 2. The number of piperazine rings is 1. The van der Waals surface area contributed by atoms with E-state index in [-0.39, 0.29) is 81.2 Å². The molecule has 3 saturated heterocycles. The van der Waals surface area contributed by atoms with Crippen molar-refractivity contribution in [2.24, 2.45) is 11.3 Å². The summed E-state index contributed by atoms with van der Waals surface area (Å²) < 4.78 is 84.0. The number of hydrogen-bond acceptors (Lipinski definition) is 8. The number of benzene rings is 3. The van der Waals surface area contributed by atoms with Gasteiger partial charge in [0.15, 0.2) is 11.6 Å². The number of fused-ring (bicyclic) bond motifs is 6. The summed E-state index contributed by atoms with van der Waals surface area (Å²) in [5.41, 5.74) is 3.62. The van der Waals surface area contributed by atoms with Gasteiger partial charge in [-0.15, -0.1) is 6.42 Å². The van der Waals surface area contributed by atoms with Gasteiger partial charge in [0.25, 0.3) is 0 Å². The Labute approximate surface area is 297 Å². The van der Waals surface area contributed by atoms with E-state index < -0.39 is 46.3 Å². The van der Waals surface area contributed by atoms with Crippen molar-refractivity contribution in [1.29, 1.82) is 5.26 Å². The second-order valence-corrected chi connectivity index (χ2v) is 14.9. The molecule has 0 aliphatic carbocycles. The molecule has 52 heavy (non-hydrogen) atoms. The monoisotopic (exact) mass is 713 g/mol. The number of likely N-dealkylation sites (tertiary alicyclic amines) is 1. The largest absolute Gasteiger partial charge is 0.463 e. The minimum absolute atomic E-state index is 0.0361. The third kappa shape index (κ3) is 5.08. The topological polar surface area (TPSA) is 103 Å². The van der Waals surface area contributed by atoms with Gasteiger partial charge >= 0.3 is 6.01 Å². The number of piperidine rings is 1. The van der Waals surface area contributed by atoms with E-state index >= 15 is 13.2 Å². The van der Waals surface area contributed by atoms with Crippen LogP contribution in [0.15, 0.2) is 24.8 Å². The Morgan fingerprint density at radius 2 is 1.90 bits per heavy atom. The molecule has 8 rings (SSSR count). The first-order valence-electron chi connectivity index (χ1n) is 17.3. The maximum atomic E-state index is 17.6. The van der Waals surface area contributed by atoms with Gasteiger partial charge in [0.2, 0.25) is 6.43 Å². The van der Waals surface area contributed by atoms with Crippen molar-refractivity contribution >= 4 is 38.8 Å². The van der Waals surface area contributed by atoms with E-state index in [0.717, 1.165) is 18.9 Å². The van der Waals surface area contributed by atoms with E-state index in [4.69, 9.17) is 21.9 Å². The first-order valence-corrected chi connectivity index (χ1v) is 17.3. The van der Waals surface area contributed by atoms with E-state index in [1.807, 2.05) is 11.9 Å². The van der Waals surface area contributed by atoms with Gasteiger partial charge in [-0.2, -0.15) is 15.2 Å². The molecule has 268 valence electrons. The lowest BCUT2D eigenvalue weighted by atomic mass is 9.73. The summed E-state index contributed by atoms with van der Waals surface area (Å²) in [6, 6.07) is 5.55. The fourth-order valence-corrected chi connectivity index (χ4v) is 9.18. The van der Waals surface area contributed by atoms with Crippen molar-refractivity contribution in [3.05, 3.63) is 58.9 Å². The molecule has 4 aliphatic heterocycles. The van der Waals surface area contributed by atoms with Gasteiger partial charge in [-0.1, -0.05) is 25.5 Å². The molecular weight excluding hydrogens is 677 g/mol. The Morgan fingerprint density at radius 1 is 1.12 bits per heavy atom. The number of nitrogens with zero attached hydrogens (tertiary/aromatic N) is 5. The normalized spacial score (nSPS) is 25.7. The van der Waals surface area contributed by atoms with Crippen LogP contribution in [0.3, 0.4) is 0 Å². The molecule has 5 heterocycles. The second kappa shape index (κ2) is 12.3. The summed E-state index contributed by atoms with van der Waals surface area (Å²) >= 11 is 0. The van der Waals surface area contributed by atoms with Crippen molar-refractivity contribution in [2.75, 3.05) is 43.9 Å². The third-order valence-corrected chi connectivity index (χ3v) is 11.6. The maximum absolute atomic E-state index is 17.6. The highest BCUT2D eigenvalue weighted by Crippen LogP contribution is 2.50. The molecule has 3 N–H and O–H groups in total. The van der Waals surface area contributed by atoms with Gasteiger partial charge in [0.05, 0.1) is 28.8 Å². The quantitative estimate of drug-likeness (QED) is 0.135. The van der Waals surface area contributed by atoms with Crippen LogP contribution >= 0.6 is 0 Å². The number of nitriles is 1. The molecule has 2 bridgehead atoms. The number of nitrogen functional groups attached to an aromatic ring is 1. The molecule has 3 fully saturated rings. The predicted molar refractivity (Wildman–Crippen MR) is 189 cm³/mol. The molecule has 0 saturated carbocycles. The van der Waals surface area contributed by atoms with Crippen molar-refractivity contribution in [3.8, 4) is 35.6 Å². The number of anilines is 2. The van der Waals surface area contributed by atoms with Crippen LogP contribution in [0.25, 0.3) is 38.4 Å². The van der Waals surface area contributed by atoms with E-state index in [0.29, 0.717) is 37.4 Å². The maximum Gasteiger partial charge on any atom is 0.319 e. The van der Waals surface area contributed by atoms with Gasteiger partial charge in [-0.25, -0.2) is 22.0 Å². The highest BCUT2D eigenvalue weighted by atomic mass is 19.3. The number of nitrogens with one attached hydrogen (secondary N) is 1. The molecule has 0 amide bonds. The standard InChI is InChI=1S/C39H36F5N7O/c1-5-21-24(40)8-6-19-13-25(46)33(41)31(29(19)21)30-22(14-45)28-18(2)12-27-26-9-7-20(47-26)15-51(27)37-32(28)35(34(30)42)48-38(49-37)52-17-39(3)16-50(4)11-10-23(39)36(43)44/h1,6,8,13,20,23,26-27,36,47H,2,7,9-12,15-17,46H2,3-4H3/t20-,23-,26+,27-,39+/m1/s1. The molecule has 4 aliphatic rings. The number of alkyl halides is 2. The first-order chi connectivity index (χ1) is 24.8. The molecule has 0 spiro atoms. The van der Waals surface area contributed by atoms with Gasteiger partial charge in [0, 0.05) is 64.6 Å². The van der Waals surface area contributed by atoms with Crippen molar-refractivity contribution in [1.82, 2.24) is 20.2 Å². The highest BCUT2D eigenvalue weighted by Gasteiger charge is 2.46. The molecule has 13 heteroatoms. The summed E-state index contributed by atoms with van der Waals surface area (Å²) in [7, 11) is 1.85. The van der Waals surface area contributed by atoms with Crippen LogP contribution in [0.2, 0.25) is 0 Å². The summed E-state index contributed by atoms with van der Waals surface area (Å²) in [4.78, 5) is 13.4. The number of hydrogen-bond donors (Lipinski definition) is 2. The van der Waals surface area contributed by atoms with Crippen molar-refractivity contribution in [2.45, 2.75) is 57.2 Å². The van der Waals surface area contributed by atoms with Gasteiger partial charge in [0.1, 0.15) is 23.2 Å². The fourth-order valence-electron chi connectivity index (χ4n) is 9.18. The predicted octanol–water partition coefficient (Wildman–Crippen LogP) is 6.63. The van der Waals surface area contributed by atoms with Crippen molar-refractivity contribution in [3.63, 3.8) is 0 Å². The lowest BCUT2D eigenvalue weighted by Crippen LogP contribution is -2.58. The second-order valence-electron chi connectivity index (χ2n) is 14.9. The van der Waals surface area contributed by atoms with Crippen LogP contribution in [0.1, 0.15) is 49.3 Å². The lowest BCUT2D eigenvalue weighted by molar-refractivity contribution is -0.0679. The Bertz CT molecular complexity index is 2280. The molecule has 8 nitrogen and oxygen atoms in total. The SMILES string of the molecule is C#Cc1c(F)ccc2cc(N)c(F)c(-c3c(C#N)c4c5c(nc(OC[C@]6(C)CN(C)CC[C@@H]6C(F)F)nc5c3F)N3C[C@H]5CC[C@H](N5)[C@H]3CC4=C)c12. The Hall–Kier alpha value is -4.98. The third-order valence-electron chi connectivity index (χ3n) is 11.6. The zero-order valence-electron chi connectivity index (χ0n) is 28.7. The summed E-state index contributed by atoms with van der Waals surface area (Å²) in [5, 5.41) is 14.7. The van der Waals surface area contributed by atoms with Gasteiger partial charge in [-0.05, 0) is 62.4 Å². The Morgan fingerprint density at radius 3 is 2.63 bits per heavy atom. The number of halogens is 5. The van der Waals surface area contributed by atoms with Crippen LogP contribution in [-0.2, 0) is 0 Å². The average Bonchev–Trinajstić information content (AvgIpc) is 3.45. The average molecular weight is 714 g/mol. The summed E-state index contributed by atoms with van der Waals surface area (Å²) in [5.74, 6) is -1.42. The van der Waals surface area contributed by atoms with Gasteiger partial charge in [-0.3, -0.25) is 0 Å². The highest BCUT2D eigenvalue weighted by molar-refractivity contribution is 6.10. The molecule has 0 unspecified atom stereocenters. The lowest BCUT2D eigenvalue weighted by Gasteiger charge is -2.44. The van der Waals surface area contributed by atoms with Crippen LogP contribution in [-0.4, -0.2) is 72.7 Å². The molecule has 5 atom stereocenters.